The minimum absolute atomic E-state index is 0.00107. The predicted octanol–water partition coefficient (Wildman–Crippen LogP) is 5.89. The Morgan fingerprint density at radius 1 is 0.919 bits per heavy atom. The molecule has 0 radical (unpaired) electrons. The summed E-state index contributed by atoms with van der Waals surface area (Å²) in [4.78, 5) is 13.3. The van der Waals surface area contributed by atoms with Gasteiger partial charge in [0.15, 0.2) is 0 Å². The van der Waals surface area contributed by atoms with Crippen LogP contribution >= 0.6 is 0 Å². The summed E-state index contributed by atoms with van der Waals surface area (Å²) >= 11 is 0. The Kier molecular flexibility index (Phi) is 9.40. The predicted molar refractivity (Wildman–Crippen MR) is 147 cm³/mol. The fourth-order valence-corrected chi connectivity index (χ4v) is 4.61. The number of aromatic amines is 1. The van der Waals surface area contributed by atoms with E-state index in [-0.39, 0.29) is 5.69 Å². The highest BCUT2D eigenvalue weighted by atomic mass is 16.2. The fraction of sp³-hybridized carbons (Fsp3) is 0.483. The monoisotopic (exact) mass is 501 g/mol. The Labute approximate surface area is 219 Å². The highest BCUT2D eigenvalue weighted by Crippen LogP contribution is 2.29. The number of aryl methyl sites for hydroxylation is 2. The van der Waals surface area contributed by atoms with Crippen molar-refractivity contribution in [2.24, 2.45) is 5.92 Å². The molecule has 0 amide bonds. The van der Waals surface area contributed by atoms with E-state index in [0.717, 1.165) is 53.8 Å². The van der Waals surface area contributed by atoms with Crippen molar-refractivity contribution in [3.05, 3.63) is 70.4 Å². The van der Waals surface area contributed by atoms with E-state index in [1.165, 1.54) is 25.7 Å². The van der Waals surface area contributed by atoms with Gasteiger partial charge in [-0.25, -0.2) is 9.48 Å². The topological polar surface area (TPSA) is 94.3 Å². The van der Waals surface area contributed by atoms with Gasteiger partial charge >= 0.3 is 5.69 Å². The molecule has 2 aromatic heterocycles. The second-order valence-electron chi connectivity index (χ2n) is 10.2. The Morgan fingerprint density at radius 3 is 2.35 bits per heavy atom. The third-order valence-electron chi connectivity index (χ3n) is 6.79. The van der Waals surface area contributed by atoms with Crippen LogP contribution in [-0.4, -0.2) is 35.0 Å². The Morgan fingerprint density at radius 2 is 1.65 bits per heavy atom. The Hall–Kier alpha value is -3.55. The van der Waals surface area contributed by atoms with Gasteiger partial charge in [-0.15, -0.1) is 10.2 Å². The van der Waals surface area contributed by atoms with Crippen LogP contribution in [0.2, 0.25) is 0 Å². The molecule has 0 aliphatic heterocycles. The molecular weight excluding hydrogens is 462 g/mol. The SMILES string of the molecule is CCCCCCCCn1nc(CCC(C)C)n(Cc2ccc(-c3ccccc3-c3nn[nH]n3)cc2)c1=O. The van der Waals surface area contributed by atoms with E-state index in [1.807, 2.05) is 22.8 Å². The molecule has 0 aliphatic rings. The third-order valence-corrected chi connectivity index (χ3v) is 6.79. The lowest BCUT2D eigenvalue weighted by Crippen LogP contribution is -2.26. The summed E-state index contributed by atoms with van der Waals surface area (Å²) < 4.78 is 3.55. The number of nitrogens with one attached hydrogen (secondary N) is 1. The van der Waals surface area contributed by atoms with Crippen LogP contribution in [0, 0.1) is 5.92 Å². The number of aromatic nitrogens is 7. The standard InChI is InChI=1S/C29H39N7O/c1-4-5-6-7-8-11-20-36-29(37)35(27(32-36)19-14-22(2)3)21-23-15-17-24(18-16-23)25-12-9-10-13-26(25)28-30-33-34-31-28/h9-10,12-13,15-18,22H,4-8,11,14,19-21H2,1-3H3,(H,30,31,33,34). The molecule has 0 saturated heterocycles. The fourth-order valence-electron chi connectivity index (χ4n) is 4.61. The van der Waals surface area contributed by atoms with Crippen LogP contribution in [-0.2, 0) is 19.5 Å². The molecule has 0 saturated carbocycles. The number of tetrazole rings is 1. The van der Waals surface area contributed by atoms with Crippen molar-refractivity contribution < 1.29 is 0 Å². The molecule has 196 valence electrons. The van der Waals surface area contributed by atoms with Gasteiger partial charge in [-0.1, -0.05) is 101 Å². The van der Waals surface area contributed by atoms with Gasteiger partial charge in [0.1, 0.15) is 5.82 Å². The van der Waals surface area contributed by atoms with Crippen LogP contribution in [0.3, 0.4) is 0 Å². The summed E-state index contributed by atoms with van der Waals surface area (Å²) in [6.07, 6.45) is 9.00. The van der Waals surface area contributed by atoms with Gasteiger partial charge in [-0.2, -0.15) is 10.3 Å². The highest BCUT2D eigenvalue weighted by molar-refractivity contribution is 5.80. The second-order valence-corrected chi connectivity index (χ2v) is 10.2. The average Bonchev–Trinajstić information content (AvgIpc) is 3.55. The molecule has 8 heteroatoms. The molecule has 1 N–H and O–H groups in total. The summed E-state index contributed by atoms with van der Waals surface area (Å²) in [7, 11) is 0. The minimum atomic E-state index is -0.00107. The Bertz CT molecular complexity index is 1290. The molecule has 0 atom stereocenters. The van der Waals surface area contributed by atoms with Crippen LogP contribution in [0.15, 0.2) is 53.3 Å². The van der Waals surface area contributed by atoms with E-state index in [1.54, 1.807) is 4.68 Å². The van der Waals surface area contributed by atoms with Gasteiger partial charge in [0.2, 0.25) is 5.82 Å². The number of hydrogen-bond donors (Lipinski definition) is 1. The summed E-state index contributed by atoms with van der Waals surface area (Å²) in [6.45, 7) is 7.86. The number of rotatable bonds is 14. The lowest BCUT2D eigenvalue weighted by atomic mass is 9.98. The zero-order valence-electron chi connectivity index (χ0n) is 22.4. The molecule has 2 heterocycles. The average molecular weight is 502 g/mol. The van der Waals surface area contributed by atoms with Crippen LogP contribution < -0.4 is 5.69 Å². The van der Waals surface area contributed by atoms with Gasteiger partial charge in [-0.3, -0.25) is 4.57 Å². The molecule has 0 fully saturated rings. The first kappa shape index (κ1) is 26.5. The number of H-pyrrole nitrogens is 1. The van der Waals surface area contributed by atoms with E-state index in [0.29, 0.717) is 24.8 Å². The first-order valence-electron chi connectivity index (χ1n) is 13.7. The van der Waals surface area contributed by atoms with E-state index < -0.39 is 0 Å². The van der Waals surface area contributed by atoms with Gasteiger partial charge in [0.25, 0.3) is 0 Å². The normalized spacial score (nSPS) is 11.5. The summed E-state index contributed by atoms with van der Waals surface area (Å²) in [6, 6.07) is 16.4. The molecule has 0 aliphatic carbocycles. The van der Waals surface area contributed by atoms with Crippen molar-refractivity contribution in [3.63, 3.8) is 0 Å². The maximum Gasteiger partial charge on any atom is 0.346 e. The quantitative estimate of drug-likeness (QED) is 0.217. The van der Waals surface area contributed by atoms with Crippen LogP contribution in [0.5, 0.6) is 0 Å². The first-order valence-corrected chi connectivity index (χ1v) is 13.7. The molecule has 4 aromatic rings. The molecule has 0 spiro atoms. The number of unbranched alkanes of at least 4 members (excludes halogenated alkanes) is 5. The Balaban J connectivity index is 1.51. The van der Waals surface area contributed by atoms with Crippen molar-refractivity contribution in [3.8, 4) is 22.5 Å². The van der Waals surface area contributed by atoms with E-state index in [2.05, 4.69) is 71.7 Å². The first-order chi connectivity index (χ1) is 18.1. The van der Waals surface area contributed by atoms with Gasteiger partial charge in [0, 0.05) is 18.5 Å². The van der Waals surface area contributed by atoms with Crippen molar-refractivity contribution in [1.82, 2.24) is 35.0 Å². The summed E-state index contributed by atoms with van der Waals surface area (Å²) in [5.74, 6) is 2.01. The van der Waals surface area contributed by atoms with E-state index in [9.17, 15) is 4.79 Å². The van der Waals surface area contributed by atoms with Crippen molar-refractivity contribution >= 4 is 0 Å². The second kappa shape index (κ2) is 13.1. The van der Waals surface area contributed by atoms with Crippen LogP contribution in [0.25, 0.3) is 22.5 Å². The molecule has 0 bridgehead atoms. The molecule has 37 heavy (non-hydrogen) atoms. The van der Waals surface area contributed by atoms with Crippen molar-refractivity contribution in [2.75, 3.05) is 0 Å². The van der Waals surface area contributed by atoms with Crippen LogP contribution in [0.1, 0.15) is 77.1 Å². The van der Waals surface area contributed by atoms with Gasteiger partial charge in [0.05, 0.1) is 6.54 Å². The van der Waals surface area contributed by atoms with Crippen molar-refractivity contribution in [2.45, 2.75) is 85.2 Å². The molecule has 0 unspecified atom stereocenters. The third kappa shape index (κ3) is 7.02. The molecule has 8 nitrogen and oxygen atoms in total. The van der Waals surface area contributed by atoms with Crippen molar-refractivity contribution in [1.29, 1.82) is 0 Å². The largest absolute Gasteiger partial charge is 0.346 e. The summed E-state index contributed by atoms with van der Waals surface area (Å²) in [5, 5.41) is 19.3. The van der Waals surface area contributed by atoms with Gasteiger partial charge < -0.3 is 0 Å². The highest BCUT2D eigenvalue weighted by Gasteiger charge is 2.15. The van der Waals surface area contributed by atoms with Crippen LogP contribution in [0.4, 0.5) is 0 Å². The molecular formula is C29H39N7O. The lowest BCUT2D eigenvalue weighted by Gasteiger charge is -2.10. The maximum atomic E-state index is 13.3. The maximum absolute atomic E-state index is 13.3. The molecule has 4 rings (SSSR count). The zero-order valence-corrected chi connectivity index (χ0v) is 22.4. The number of benzene rings is 2. The molecule has 2 aromatic carbocycles. The van der Waals surface area contributed by atoms with E-state index >= 15 is 0 Å². The number of nitrogens with zero attached hydrogens (tertiary/aromatic N) is 6. The zero-order chi connectivity index (χ0) is 26.0. The smallest absolute Gasteiger partial charge is 0.274 e. The number of hydrogen-bond acceptors (Lipinski definition) is 5. The lowest BCUT2D eigenvalue weighted by molar-refractivity contribution is 0.509. The minimum Gasteiger partial charge on any atom is -0.274 e. The van der Waals surface area contributed by atoms with Gasteiger partial charge in [-0.05, 0) is 40.7 Å². The summed E-state index contributed by atoms with van der Waals surface area (Å²) in [5.41, 5.74) is 4.10. The van der Waals surface area contributed by atoms with E-state index in [4.69, 9.17) is 5.10 Å².